The Morgan fingerprint density at radius 2 is 2.05 bits per heavy atom. The summed E-state index contributed by atoms with van der Waals surface area (Å²) in [6.07, 6.45) is 2.27. The minimum absolute atomic E-state index is 0.0124. The predicted molar refractivity (Wildman–Crippen MR) is 78.9 cm³/mol. The Morgan fingerprint density at radius 3 is 2.70 bits per heavy atom. The molecule has 1 rings (SSSR count). The van der Waals surface area contributed by atoms with E-state index in [0.29, 0.717) is 31.0 Å². The predicted octanol–water partition coefficient (Wildman–Crippen LogP) is 1.17. The molecular weight excluding hydrogens is 254 g/mol. The molecule has 0 fully saturated rings. The molecule has 2 amide bonds. The zero-order chi connectivity index (χ0) is 15.0. The van der Waals surface area contributed by atoms with Gasteiger partial charge in [-0.1, -0.05) is 19.1 Å². The molecule has 1 unspecified atom stereocenters. The van der Waals surface area contributed by atoms with Gasteiger partial charge in [-0.3, -0.25) is 9.59 Å². The molecular formula is C15H23N3O2. The van der Waals surface area contributed by atoms with Crippen LogP contribution in [-0.4, -0.2) is 18.4 Å². The van der Waals surface area contributed by atoms with Crippen molar-refractivity contribution in [1.29, 1.82) is 0 Å². The Balaban J connectivity index is 2.37. The van der Waals surface area contributed by atoms with Crippen LogP contribution in [0, 0.1) is 5.92 Å². The number of carbonyl (C=O) groups is 2. The highest BCUT2D eigenvalue weighted by atomic mass is 16.1. The number of nitrogens with two attached hydrogens (primary N) is 2. The van der Waals surface area contributed by atoms with Gasteiger partial charge in [-0.05, 0) is 43.0 Å². The topological polar surface area (TPSA) is 98.2 Å². The van der Waals surface area contributed by atoms with Gasteiger partial charge in [-0.15, -0.1) is 0 Å². The zero-order valence-corrected chi connectivity index (χ0v) is 11.9. The van der Waals surface area contributed by atoms with E-state index in [1.165, 1.54) is 0 Å². The molecule has 0 spiro atoms. The van der Waals surface area contributed by atoms with Crippen molar-refractivity contribution in [1.82, 2.24) is 5.32 Å². The van der Waals surface area contributed by atoms with Crippen molar-refractivity contribution < 1.29 is 9.59 Å². The Hall–Kier alpha value is -1.88. The normalized spacial score (nSPS) is 11.9. The first-order valence-electron chi connectivity index (χ1n) is 6.88. The van der Waals surface area contributed by atoms with Crippen LogP contribution in [0.3, 0.4) is 0 Å². The number of rotatable bonds is 8. The molecule has 0 saturated carbocycles. The molecule has 110 valence electrons. The van der Waals surface area contributed by atoms with Crippen LogP contribution < -0.4 is 16.8 Å². The minimum Gasteiger partial charge on any atom is -0.366 e. The first-order chi connectivity index (χ1) is 9.52. The van der Waals surface area contributed by atoms with Crippen LogP contribution in [0.15, 0.2) is 24.3 Å². The van der Waals surface area contributed by atoms with Gasteiger partial charge in [0.2, 0.25) is 11.8 Å². The summed E-state index contributed by atoms with van der Waals surface area (Å²) in [5.74, 6) is 0.0103. The van der Waals surface area contributed by atoms with Gasteiger partial charge in [0.15, 0.2) is 0 Å². The Morgan fingerprint density at radius 1 is 1.30 bits per heavy atom. The lowest BCUT2D eigenvalue weighted by molar-refractivity contribution is -0.121. The standard InChI is InChI=1S/C15H23N3O2/c1-11(7-8-16)5-6-14(19)18-10-12-3-2-4-13(9-12)15(17)20/h2-4,9,11H,5-8,10,16H2,1H3,(H2,17,20)(H,18,19). The zero-order valence-electron chi connectivity index (χ0n) is 11.9. The van der Waals surface area contributed by atoms with E-state index in [2.05, 4.69) is 12.2 Å². The van der Waals surface area contributed by atoms with E-state index >= 15 is 0 Å². The average molecular weight is 277 g/mol. The maximum atomic E-state index is 11.7. The molecule has 1 atom stereocenters. The summed E-state index contributed by atoms with van der Waals surface area (Å²) in [5, 5.41) is 2.84. The Bertz CT molecular complexity index is 460. The Labute approximate surface area is 119 Å². The number of benzene rings is 1. The highest BCUT2D eigenvalue weighted by molar-refractivity contribution is 5.92. The number of amides is 2. The summed E-state index contributed by atoms with van der Waals surface area (Å²) in [7, 11) is 0. The fourth-order valence-corrected chi connectivity index (χ4v) is 1.93. The Kier molecular flexibility index (Phi) is 6.73. The maximum absolute atomic E-state index is 11.7. The molecule has 0 aromatic heterocycles. The van der Waals surface area contributed by atoms with E-state index < -0.39 is 5.91 Å². The van der Waals surface area contributed by atoms with Gasteiger partial charge < -0.3 is 16.8 Å². The van der Waals surface area contributed by atoms with Crippen molar-refractivity contribution in [2.24, 2.45) is 17.4 Å². The molecule has 0 aliphatic rings. The van der Waals surface area contributed by atoms with E-state index in [1.807, 2.05) is 6.07 Å². The van der Waals surface area contributed by atoms with Gasteiger partial charge >= 0.3 is 0 Å². The summed E-state index contributed by atoms with van der Waals surface area (Å²) in [5.41, 5.74) is 12.0. The lowest BCUT2D eigenvalue weighted by Gasteiger charge is -2.10. The van der Waals surface area contributed by atoms with Gasteiger partial charge in [0, 0.05) is 18.5 Å². The van der Waals surface area contributed by atoms with E-state index in [4.69, 9.17) is 11.5 Å². The van der Waals surface area contributed by atoms with E-state index in [0.717, 1.165) is 18.4 Å². The number of hydrogen-bond donors (Lipinski definition) is 3. The molecule has 1 aromatic carbocycles. The number of hydrogen-bond acceptors (Lipinski definition) is 3. The summed E-state index contributed by atoms with van der Waals surface area (Å²) >= 11 is 0. The quantitative estimate of drug-likeness (QED) is 0.665. The molecule has 0 heterocycles. The van der Waals surface area contributed by atoms with Crippen molar-refractivity contribution in [3.05, 3.63) is 35.4 Å². The van der Waals surface area contributed by atoms with Gasteiger partial charge in [-0.2, -0.15) is 0 Å². The number of carbonyl (C=O) groups excluding carboxylic acids is 2. The van der Waals surface area contributed by atoms with Gasteiger partial charge in [0.25, 0.3) is 0 Å². The molecule has 20 heavy (non-hydrogen) atoms. The van der Waals surface area contributed by atoms with Crippen LogP contribution in [0.5, 0.6) is 0 Å². The van der Waals surface area contributed by atoms with Crippen molar-refractivity contribution >= 4 is 11.8 Å². The second-order valence-electron chi connectivity index (χ2n) is 5.06. The first kappa shape index (κ1) is 16.2. The van der Waals surface area contributed by atoms with Gasteiger partial charge in [0.1, 0.15) is 0 Å². The van der Waals surface area contributed by atoms with E-state index in [-0.39, 0.29) is 5.91 Å². The third kappa shape index (κ3) is 5.84. The fraction of sp³-hybridized carbons (Fsp3) is 0.467. The highest BCUT2D eigenvalue weighted by Gasteiger charge is 2.07. The SMILES string of the molecule is CC(CCN)CCC(=O)NCc1cccc(C(N)=O)c1. The van der Waals surface area contributed by atoms with Crippen molar-refractivity contribution in [2.45, 2.75) is 32.7 Å². The third-order valence-corrected chi connectivity index (χ3v) is 3.22. The lowest BCUT2D eigenvalue weighted by atomic mass is 10.0. The molecule has 0 saturated heterocycles. The molecule has 5 N–H and O–H groups in total. The monoisotopic (exact) mass is 277 g/mol. The van der Waals surface area contributed by atoms with Crippen molar-refractivity contribution in [3.8, 4) is 0 Å². The van der Waals surface area contributed by atoms with Crippen LogP contribution in [0.4, 0.5) is 0 Å². The van der Waals surface area contributed by atoms with E-state index in [9.17, 15) is 9.59 Å². The summed E-state index contributed by atoms with van der Waals surface area (Å²) < 4.78 is 0. The molecule has 5 heteroatoms. The van der Waals surface area contributed by atoms with E-state index in [1.54, 1.807) is 18.2 Å². The third-order valence-electron chi connectivity index (χ3n) is 3.22. The summed E-state index contributed by atoms with van der Waals surface area (Å²) in [6, 6.07) is 6.95. The molecule has 0 bridgehead atoms. The summed E-state index contributed by atoms with van der Waals surface area (Å²) in [6.45, 7) is 3.16. The second kappa shape index (κ2) is 8.32. The van der Waals surface area contributed by atoms with Crippen molar-refractivity contribution in [2.75, 3.05) is 6.54 Å². The van der Waals surface area contributed by atoms with Crippen LogP contribution in [0.1, 0.15) is 42.1 Å². The maximum Gasteiger partial charge on any atom is 0.248 e. The van der Waals surface area contributed by atoms with Gasteiger partial charge in [-0.25, -0.2) is 0 Å². The summed E-state index contributed by atoms with van der Waals surface area (Å²) in [4.78, 5) is 22.8. The fourth-order valence-electron chi connectivity index (χ4n) is 1.93. The lowest BCUT2D eigenvalue weighted by Crippen LogP contribution is -2.23. The molecule has 5 nitrogen and oxygen atoms in total. The van der Waals surface area contributed by atoms with Crippen LogP contribution >= 0.6 is 0 Å². The second-order valence-corrected chi connectivity index (χ2v) is 5.06. The highest BCUT2D eigenvalue weighted by Crippen LogP contribution is 2.09. The smallest absolute Gasteiger partial charge is 0.248 e. The largest absolute Gasteiger partial charge is 0.366 e. The number of nitrogens with one attached hydrogen (secondary N) is 1. The molecule has 1 aromatic rings. The molecule has 0 aliphatic carbocycles. The number of primary amides is 1. The van der Waals surface area contributed by atoms with Gasteiger partial charge in [0.05, 0.1) is 0 Å². The van der Waals surface area contributed by atoms with Crippen LogP contribution in [0.2, 0.25) is 0 Å². The van der Waals surface area contributed by atoms with Crippen LogP contribution in [-0.2, 0) is 11.3 Å². The minimum atomic E-state index is -0.464. The first-order valence-corrected chi connectivity index (χ1v) is 6.88. The molecule has 0 radical (unpaired) electrons. The van der Waals surface area contributed by atoms with Crippen LogP contribution in [0.25, 0.3) is 0 Å². The average Bonchev–Trinajstić information content (AvgIpc) is 2.43. The molecule has 0 aliphatic heterocycles. The van der Waals surface area contributed by atoms with Crippen molar-refractivity contribution in [3.63, 3.8) is 0 Å².